The Balaban J connectivity index is 2.18. The van der Waals surface area contributed by atoms with Crippen LogP contribution < -0.4 is 5.32 Å². The Morgan fingerprint density at radius 1 is 1.70 bits per heavy atom. The van der Waals surface area contributed by atoms with Crippen molar-refractivity contribution in [2.75, 3.05) is 13.2 Å². The van der Waals surface area contributed by atoms with Gasteiger partial charge in [0, 0.05) is 12.6 Å². The van der Waals surface area contributed by atoms with E-state index in [1.54, 1.807) is 0 Å². The Kier molecular flexibility index (Phi) is 3.16. The van der Waals surface area contributed by atoms with Crippen LogP contribution in [0.1, 0.15) is 26.2 Å². The van der Waals surface area contributed by atoms with Gasteiger partial charge in [0.15, 0.2) is 0 Å². The molecule has 1 rings (SSSR count). The molecule has 2 nitrogen and oxygen atoms in total. The summed E-state index contributed by atoms with van der Waals surface area (Å²) in [5.74, 6) is 0.646. The second-order valence-corrected chi connectivity index (χ2v) is 3.19. The minimum Gasteiger partial charge on any atom is -0.396 e. The Morgan fingerprint density at radius 3 is 3.00 bits per heavy atom. The van der Waals surface area contributed by atoms with Crippen molar-refractivity contribution in [3.63, 3.8) is 0 Å². The molecular formula is C8H17NO. The Bertz CT molecular complexity index is 89.3. The van der Waals surface area contributed by atoms with Gasteiger partial charge >= 0.3 is 0 Å². The summed E-state index contributed by atoms with van der Waals surface area (Å²) in [5.41, 5.74) is 0. The normalized spacial score (nSPS) is 28.8. The lowest BCUT2D eigenvalue weighted by Gasteiger charge is -2.17. The van der Waals surface area contributed by atoms with E-state index in [4.69, 9.17) is 5.11 Å². The summed E-state index contributed by atoms with van der Waals surface area (Å²) in [5, 5.41) is 12.1. The van der Waals surface area contributed by atoms with Crippen molar-refractivity contribution in [1.82, 2.24) is 5.32 Å². The van der Waals surface area contributed by atoms with Crippen LogP contribution in [0.15, 0.2) is 0 Å². The van der Waals surface area contributed by atoms with E-state index in [1.165, 1.54) is 19.4 Å². The van der Waals surface area contributed by atoms with E-state index in [1.807, 2.05) is 0 Å². The van der Waals surface area contributed by atoms with Gasteiger partial charge in [0.2, 0.25) is 0 Å². The van der Waals surface area contributed by atoms with Crippen LogP contribution in [0.25, 0.3) is 0 Å². The van der Waals surface area contributed by atoms with Gasteiger partial charge in [-0.1, -0.05) is 6.92 Å². The highest BCUT2D eigenvalue weighted by Gasteiger charge is 2.19. The van der Waals surface area contributed by atoms with Crippen molar-refractivity contribution in [2.24, 2.45) is 5.92 Å². The SMILES string of the molecule is C[C@H](CCO)[C@@H]1CCCN1. The smallest absolute Gasteiger partial charge is 0.0434 e. The molecule has 2 N–H and O–H groups in total. The zero-order valence-electron chi connectivity index (χ0n) is 6.64. The molecule has 2 heteroatoms. The average molecular weight is 143 g/mol. The first-order valence-electron chi connectivity index (χ1n) is 4.19. The molecule has 60 valence electrons. The fourth-order valence-electron chi connectivity index (χ4n) is 1.60. The maximum Gasteiger partial charge on any atom is 0.0434 e. The van der Waals surface area contributed by atoms with Crippen molar-refractivity contribution in [3.05, 3.63) is 0 Å². The number of rotatable bonds is 3. The molecule has 0 bridgehead atoms. The number of nitrogens with one attached hydrogen (secondary N) is 1. The van der Waals surface area contributed by atoms with Crippen LogP contribution in [0.3, 0.4) is 0 Å². The maximum atomic E-state index is 8.67. The zero-order chi connectivity index (χ0) is 7.40. The lowest BCUT2D eigenvalue weighted by atomic mass is 9.98. The van der Waals surface area contributed by atoms with Gasteiger partial charge < -0.3 is 10.4 Å². The molecule has 1 aliphatic rings. The molecule has 0 unspecified atom stereocenters. The summed E-state index contributed by atoms with van der Waals surface area (Å²) in [6, 6.07) is 0.673. The van der Waals surface area contributed by atoms with Gasteiger partial charge in [-0.05, 0) is 31.7 Å². The lowest BCUT2D eigenvalue weighted by Crippen LogP contribution is -2.29. The third-order valence-electron chi connectivity index (χ3n) is 2.37. The molecule has 0 amide bonds. The minimum atomic E-state index is 0.333. The fourth-order valence-corrected chi connectivity index (χ4v) is 1.60. The Labute approximate surface area is 62.6 Å². The molecule has 0 aromatic rings. The molecule has 0 aromatic carbocycles. The predicted molar refractivity (Wildman–Crippen MR) is 41.9 cm³/mol. The first kappa shape index (κ1) is 8.02. The van der Waals surface area contributed by atoms with Gasteiger partial charge in [0.1, 0.15) is 0 Å². The van der Waals surface area contributed by atoms with Crippen LogP contribution in [0.5, 0.6) is 0 Å². The first-order valence-corrected chi connectivity index (χ1v) is 4.19. The second kappa shape index (κ2) is 3.94. The summed E-state index contributed by atoms with van der Waals surface area (Å²) in [6.07, 6.45) is 3.54. The number of hydrogen-bond acceptors (Lipinski definition) is 2. The molecule has 1 aliphatic heterocycles. The number of aliphatic hydroxyl groups excluding tert-OH is 1. The summed E-state index contributed by atoms with van der Waals surface area (Å²) >= 11 is 0. The van der Waals surface area contributed by atoms with Crippen molar-refractivity contribution in [3.8, 4) is 0 Å². The topological polar surface area (TPSA) is 32.3 Å². The van der Waals surface area contributed by atoms with E-state index in [0.717, 1.165) is 6.42 Å². The van der Waals surface area contributed by atoms with E-state index < -0.39 is 0 Å². The largest absolute Gasteiger partial charge is 0.396 e. The highest BCUT2D eigenvalue weighted by molar-refractivity contribution is 4.78. The van der Waals surface area contributed by atoms with Crippen LogP contribution in [0.4, 0.5) is 0 Å². The Hall–Kier alpha value is -0.0800. The standard InChI is InChI=1S/C8H17NO/c1-7(4-6-10)8-3-2-5-9-8/h7-10H,2-6H2,1H3/t7-,8+/m1/s1. The van der Waals surface area contributed by atoms with Crippen molar-refractivity contribution in [1.29, 1.82) is 0 Å². The molecule has 1 fully saturated rings. The molecule has 2 atom stereocenters. The fraction of sp³-hybridized carbons (Fsp3) is 1.00. The van der Waals surface area contributed by atoms with E-state index >= 15 is 0 Å². The summed E-state index contributed by atoms with van der Waals surface area (Å²) in [4.78, 5) is 0. The summed E-state index contributed by atoms with van der Waals surface area (Å²) < 4.78 is 0. The molecule has 0 aromatic heterocycles. The predicted octanol–water partition coefficient (Wildman–Crippen LogP) is 0.757. The molecule has 0 aliphatic carbocycles. The molecule has 10 heavy (non-hydrogen) atoms. The second-order valence-electron chi connectivity index (χ2n) is 3.19. The quantitative estimate of drug-likeness (QED) is 0.611. The van der Waals surface area contributed by atoms with Crippen molar-refractivity contribution in [2.45, 2.75) is 32.2 Å². The third kappa shape index (κ3) is 1.96. The van der Waals surface area contributed by atoms with Crippen LogP contribution in [0, 0.1) is 5.92 Å². The van der Waals surface area contributed by atoms with E-state index in [-0.39, 0.29) is 0 Å². The highest BCUT2D eigenvalue weighted by atomic mass is 16.3. The molecule has 1 heterocycles. The van der Waals surface area contributed by atoms with E-state index in [2.05, 4.69) is 12.2 Å². The molecule has 0 saturated carbocycles. The summed E-state index contributed by atoms with van der Waals surface area (Å²) in [7, 11) is 0. The van der Waals surface area contributed by atoms with Crippen molar-refractivity contribution >= 4 is 0 Å². The van der Waals surface area contributed by atoms with Crippen LogP contribution in [0.2, 0.25) is 0 Å². The molecule has 0 radical (unpaired) electrons. The van der Waals surface area contributed by atoms with Crippen LogP contribution in [-0.4, -0.2) is 24.3 Å². The minimum absolute atomic E-state index is 0.333. The lowest BCUT2D eigenvalue weighted by molar-refractivity contribution is 0.244. The van der Waals surface area contributed by atoms with E-state index in [9.17, 15) is 0 Å². The van der Waals surface area contributed by atoms with E-state index in [0.29, 0.717) is 18.6 Å². The van der Waals surface area contributed by atoms with Gasteiger partial charge in [0.25, 0.3) is 0 Å². The number of hydrogen-bond donors (Lipinski definition) is 2. The average Bonchev–Trinajstić information content (AvgIpc) is 2.38. The molecule has 1 saturated heterocycles. The van der Waals surface area contributed by atoms with Gasteiger partial charge in [-0.3, -0.25) is 0 Å². The van der Waals surface area contributed by atoms with Gasteiger partial charge in [-0.2, -0.15) is 0 Å². The zero-order valence-corrected chi connectivity index (χ0v) is 6.64. The monoisotopic (exact) mass is 143 g/mol. The highest BCUT2D eigenvalue weighted by Crippen LogP contribution is 2.16. The van der Waals surface area contributed by atoms with Crippen LogP contribution >= 0.6 is 0 Å². The van der Waals surface area contributed by atoms with Crippen LogP contribution in [-0.2, 0) is 0 Å². The van der Waals surface area contributed by atoms with Crippen molar-refractivity contribution < 1.29 is 5.11 Å². The first-order chi connectivity index (χ1) is 4.84. The van der Waals surface area contributed by atoms with Gasteiger partial charge in [-0.25, -0.2) is 0 Å². The molecule has 0 spiro atoms. The van der Waals surface area contributed by atoms with Gasteiger partial charge in [0.05, 0.1) is 0 Å². The maximum absolute atomic E-state index is 8.67. The number of aliphatic hydroxyl groups is 1. The molecular weight excluding hydrogens is 126 g/mol. The van der Waals surface area contributed by atoms with Gasteiger partial charge in [-0.15, -0.1) is 0 Å². The Morgan fingerprint density at radius 2 is 2.50 bits per heavy atom. The summed E-state index contributed by atoms with van der Waals surface area (Å²) in [6.45, 7) is 3.71. The third-order valence-corrected chi connectivity index (χ3v) is 2.37.